The van der Waals surface area contributed by atoms with Gasteiger partial charge >= 0.3 is 6.09 Å². The summed E-state index contributed by atoms with van der Waals surface area (Å²) in [5, 5.41) is 8.04. The molecule has 4 N–H and O–H groups in total. The number of nitrogens with one attached hydrogen (secondary N) is 4. The lowest BCUT2D eigenvalue weighted by Gasteiger charge is -2.22. The van der Waals surface area contributed by atoms with E-state index >= 15 is 0 Å². The Morgan fingerprint density at radius 2 is 1.74 bits per heavy atom. The van der Waals surface area contributed by atoms with Crippen LogP contribution in [0.5, 0.6) is 5.75 Å². The number of amides is 2. The van der Waals surface area contributed by atoms with Gasteiger partial charge < -0.3 is 39.7 Å². The van der Waals surface area contributed by atoms with Gasteiger partial charge in [0.2, 0.25) is 5.91 Å². The molecule has 0 fully saturated rings. The van der Waals surface area contributed by atoms with Crippen LogP contribution in [-0.4, -0.2) is 77.8 Å². The molecule has 0 saturated carbocycles. The van der Waals surface area contributed by atoms with Crippen LogP contribution in [0, 0.1) is 0 Å². The van der Waals surface area contributed by atoms with Crippen LogP contribution in [0.1, 0.15) is 64.2 Å². The normalized spacial score (nSPS) is 11.3. The summed E-state index contributed by atoms with van der Waals surface area (Å²) in [6.45, 7) is 11.2. The molecule has 3 aromatic carbocycles. The minimum Gasteiger partial charge on any atom is -0.488 e. The molecule has 1 aliphatic rings. The quantitative estimate of drug-likeness (QED) is 0.109. The first-order valence-corrected chi connectivity index (χ1v) is 17.3. The zero-order chi connectivity index (χ0) is 36.0. The average Bonchev–Trinajstić information content (AvgIpc) is 3.77. The number of fused-ring (bicyclic) bond motifs is 6. The highest BCUT2D eigenvalue weighted by molar-refractivity contribution is 6.07. The number of carbonyl (C=O) groups is 2. The maximum Gasteiger partial charge on any atom is 0.407 e. The Morgan fingerprint density at radius 1 is 0.960 bits per heavy atom. The fourth-order valence-corrected chi connectivity index (χ4v) is 5.64. The van der Waals surface area contributed by atoms with Crippen LogP contribution in [0.3, 0.4) is 0 Å². The van der Waals surface area contributed by atoms with Crippen LogP contribution in [0.25, 0.3) is 44.2 Å². The molecule has 6 rings (SSSR count). The highest BCUT2D eigenvalue weighted by Crippen LogP contribution is 2.42. The highest BCUT2D eigenvalue weighted by Gasteiger charge is 2.21. The van der Waals surface area contributed by atoms with E-state index in [1.165, 1.54) is 13.5 Å². The van der Waals surface area contributed by atoms with E-state index in [0.717, 1.165) is 80.7 Å². The molecule has 50 heavy (non-hydrogen) atoms. The van der Waals surface area contributed by atoms with E-state index in [1.807, 2.05) is 6.92 Å². The molecule has 268 valence electrons. The molecule has 12 nitrogen and oxygen atoms in total. The Labute approximate surface area is 294 Å². The minimum absolute atomic E-state index is 0.133. The van der Waals surface area contributed by atoms with Crippen LogP contribution >= 0.6 is 0 Å². The number of aromatic amines is 2. The van der Waals surface area contributed by atoms with Gasteiger partial charge in [-0.05, 0) is 65.7 Å². The third-order valence-electron chi connectivity index (χ3n) is 7.81. The van der Waals surface area contributed by atoms with E-state index in [0.29, 0.717) is 32.1 Å². The molecule has 12 heteroatoms. The second kappa shape index (κ2) is 18.7. The largest absolute Gasteiger partial charge is 0.488 e. The average molecular weight is 686 g/mol. The van der Waals surface area contributed by atoms with Crippen molar-refractivity contribution in [2.45, 2.75) is 66.7 Å². The molecule has 1 aliphatic heterocycles. The number of aromatic nitrogens is 4. The molecule has 0 spiro atoms. The molecule has 0 unspecified atom stereocenters. The fraction of sp³-hybridized carbons (Fsp3) is 0.421. The monoisotopic (exact) mass is 685 g/mol. The van der Waals surface area contributed by atoms with Crippen molar-refractivity contribution in [3.05, 3.63) is 65.9 Å². The molecule has 0 atom stereocenters. The van der Waals surface area contributed by atoms with Gasteiger partial charge in [0.25, 0.3) is 0 Å². The second-order valence-electron chi connectivity index (χ2n) is 12.1. The van der Waals surface area contributed by atoms with E-state index < -0.39 is 6.09 Å². The first-order chi connectivity index (χ1) is 24.3. The molecule has 2 amide bonds. The van der Waals surface area contributed by atoms with Crippen molar-refractivity contribution in [1.29, 1.82) is 0 Å². The minimum atomic E-state index is -0.637. The number of methoxy groups -OCH3 is 2. The lowest BCUT2D eigenvalue weighted by atomic mass is 9.92. The van der Waals surface area contributed by atoms with Gasteiger partial charge in [0.1, 0.15) is 30.5 Å². The summed E-state index contributed by atoms with van der Waals surface area (Å²) in [7, 11) is 4.52. The van der Waals surface area contributed by atoms with Crippen molar-refractivity contribution in [1.82, 2.24) is 35.5 Å². The second-order valence-corrected chi connectivity index (χ2v) is 12.1. The maximum atomic E-state index is 12.7. The van der Waals surface area contributed by atoms with E-state index in [9.17, 15) is 9.59 Å². The summed E-state index contributed by atoms with van der Waals surface area (Å²) < 4.78 is 15.1. The zero-order valence-corrected chi connectivity index (χ0v) is 30.4. The third-order valence-corrected chi connectivity index (χ3v) is 7.81. The Balaban J connectivity index is 0.000000875. The molecule has 5 aromatic rings. The van der Waals surface area contributed by atoms with E-state index in [4.69, 9.17) is 9.72 Å². The first-order valence-electron chi connectivity index (χ1n) is 17.3. The summed E-state index contributed by atoms with van der Waals surface area (Å²) in [5.41, 5.74) is 7.10. The van der Waals surface area contributed by atoms with Crippen molar-refractivity contribution >= 4 is 33.8 Å². The Kier molecular flexibility index (Phi) is 14.2. The predicted octanol–water partition coefficient (Wildman–Crippen LogP) is 6.94. The third kappa shape index (κ3) is 9.39. The summed E-state index contributed by atoms with van der Waals surface area (Å²) in [6.07, 6.45) is 4.26. The number of H-pyrrole nitrogens is 2. The van der Waals surface area contributed by atoms with Crippen LogP contribution < -0.4 is 15.4 Å². The van der Waals surface area contributed by atoms with Gasteiger partial charge in [0, 0.05) is 31.7 Å². The molecular weight excluding hydrogens is 634 g/mol. The van der Waals surface area contributed by atoms with Gasteiger partial charge in [-0.15, -0.1) is 0 Å². The molecular formula is C38H51N7O5. The lowest BCUT2D eigenvalue weighted by molar-refractivity contribution is -0.130. The van der Waals surface area contributed by atoms with Crippen LogP contribution in [-0.2, 0) is 34.0 Å². The predicted molar refractivity (Wildman–Crippen MR) is 198 cm³/mol. The smallest absolute Gasteiger partial charge is 0.407 e. The number of carbonyl (C=O) groups excluding carboxylic acids is 2. The number of hydrogen-bond acceptors (Lipinski definition) is 8. The SMILES string of the molecule is CCC.CCCNCc1nc2c(ccc3cc4c(cc32)OCc2cc(-c3cnc(CN(CCC)C(=O)CNC(=O)OC)[nH]3)ccc2-4)[nH]1.COC. The molecule has 0 radical (unpaired) electrons. The van der Waals surface area contributed by atoms with E-state index in [2.05, 4.69) is 98.3 Å². The highest BCUT2D eigenvalue weighted by atomic mass is 16.5. The van der Waals surface area contributed by atoms with Gasteiger partial charge in [-0.1, -0.05) is 52.3 Å². The first kappa shape index (κ1) is 37.9. The number of alkyl carbamates (subject to hydrolysis) is 1. The number of imidazole rings is 2. The summed E-state index contributed by atoms with van der Waals surface area (Å²) in [5.74, 6) is 2.24. The number of hydrogen-bond donors (Lipinski definition) is 4. The van der Waals surface area contributed by atoms with Crippen molar-refractivity contribution < 1.29 is 23.8 Å². The molecule has 0 saturated heterocycles. The number of benzene rings is 3. The Morgan fingerprint density at radius 3 is 2.46 bits per heavy atom. The topological polar surface area (TPSA) is 146 Å². The van der Waals surface area contributed by atoms with E-state index in [1.54, 1.807) is 25.3 Å². The van der Waals surface area contributed by atoms with Crippen molar-refractivity contribution in [2.24, 2.45) is 0 Å². The summed E-state index contributed by atoms with van der Waals surface area (Å²) in [4.78, 5) is 42.0. The van der Waals surface area contributed by atoms with Gasteiger partial charge in [-0.2, -0.15) is 0 Å². The molecule has 2 aromatic heterocycles. The van der Waals surface area contributed by atoms with Crippen LogP contribution in [0.2, 0.25) is 0 Å². The zero-order valence-electron chi connectivity index (χ0n) is 30.4. The van der Waals surface area contributed by atoms with Crippen LogP contribution in [0.15, 0.2) is 48.7 Å². The van der Waals surface area contributed by atoms with Crippen molar-refractivity contribution in [2.75, 3.05) is 41.0 Å². The lowest BCUT2D eigenvalue weighted by Crippen LogP contribution is -2.40. The van der Waals surface area contributed by atoms with Crippen LogP contribution in [0.4, 0.5) is 4.79 Å². The summed E-state index contributed by atoms with van der Waals surface area (Å²) in [6, 6.07) is 14.9. The van der Waals surface area contributed by atoms with Crippen molar-refractivity contribution in [3.8, 4) is 28.1 Å². The van der Waals surface area contributed by atoms with Gasteiger partial charge in [-0.3, -0.25) is 4.79 Å². The molecule has 3 heterocycles. The van der Waals surface area contributed by atoms with E-state index in [-0.39, 0.29) is 12.5 Å². The Hall–Kier alpha value is -4.94. The Bertz CT molecular complexity index is 1860. The molecule has 0 aliphatic carbocycles. The van der Waals surface area contributed by atoms with Crippen molar-refractivity contribution in [3.63, 3.8) is 0 Å². The fourth-order valence-electron chi connectivity index (χ4n) is 5.64. The standard InChI is InChI=1S/C33H37N7O4.C3H8.C2H6O/c1-4-10-34-16-29-37-26-9-7-20-13-25-23-8-6-21(12-22(23)19-44-28(25)14-24(20)32(26)39-29)27-15-35-30(38-27)18-40(11-5-2)31(41)17-36-33(42)43-3;2*1-3-2/h6-9,12-15,34H,4-5,10-11,16-19H2,1-3H3,(H,35,38)(H,36,42)(H,37,39);3H2,1-2H3;1-2H3. The number of ether oxygens (including phenoxy) is 3. The van der Waals surface area contributed by atoms with Gasteiger partial charge in [0.05, 0.1) is 43.1 Å². The van der Waals surface area contributed by atoms with Gasteiger partial charge in [0.15, 0.2) is 0 Å². The van der Waals surface area contributed by atoms with Gasteiger partial charge in [-0.25, -0.2) is 14.8 Å². The number of nitrogens with zero attached hydrogens (tertiary/aromatic N) is 3. The number of rotatable bonds is 11. The maximum absolute atomic E-state index is 12.7. The summed E-state index contributed by atoms with van der Waals surface area (Å²) >= 11 is 0. The molecule has 0 bridgehead atoms.